The molecule has 0 bridgehead atoms. The van der Waals surface area contributed by atoms with Gasteiger partial charge in [-0.25, -0.2) is 14.1 Å². The lowest BCUT2D eigenvalue weighted by atomic mass is 10.0. The summed E-state index contributed by atoms with van der Waals surface area (Å²) in [5.74, 6) is 0.496. The number of nitrogen functional groups attached to an aromatic ring is 1. The van der Waals surface area contributed by atoms with E-state index in [-0.39, 0.29) is 28.9 Å². The second kappa shape index (κ2) is 8.71. The van der Waals surface area contributed by atoms with Crippen LogP contribution in [0.5, 0.6) is 0 Å². The van der Waals surface area contributed by atoms with Gasteiger partial charge in [0.1, 0.15) is 17.5 Å². The van der Waals surface area contributed by atoms with Crippen LogP contribution in [0.1, 0.15) is 41.9 Å². The third-order valence-corrected chi connectivity index (χ3v) is 5.73. The number of nitrogens with zero attached hydrogens (tertiary/aromatic N) is 5. The lowest BCUT2D eigenvalue weighted by molar-refractivity contribution is -0.131. The molecule has 3 aromatic rings. The fraction of sp³-hybridized carbons (Fsp3) is 0.364. The standard InChI is InChI=1S/C22H25FN6O2/c1-15-25-10-13-27(15)11-3-5-20(30)28-12-2-4-19(28)21(31)18-14-26-29(22(18)24)17-8-6-16(23)7-9-17/h6-10,13-14,19H,2-5,11-12,24H2,1H3/t19-/m0/s1. The van der Waals surface area contributed by atoms with E-state index in [1.54, 1.807) is 23.2 Å². The van der Waals surface area contributed by atoms with Crippen LogP contribution in [-0.4, -0.2) is 48.5 Å². The van der Waals surface area contributed by atoms with Gasteiger partial charge in [-0.05, 0) is 50.5 Å². The fourth-order valence-corrected chi connectivity index (χ4v) is 4.04. The molecule has 31 heavy (non-hydrogen) atoms. The molecule has 9 heteroatoms. The molecular weight excluding hydrogens is 399 g/mol. The van der Waals surface area contributed by atoms with Crippen molar-refractivity contribution in [3.8, 4) is 5.69 Å². The van der Waals surface area contributed by atoms with Gasteiger partial charge in [-0.3, -0.25) is 9.59 Å². The average Bonchev–Trinajstić information content (AvgIpc) is 3.49. The van der Waals surface area contributed by atoms with E-state index in [4.69, 9.17) is 5.73 Å². The Bertz CT molecular complexity index is 1090. The van der Waals surface area contributed by atoms with Crippen LogP contribution >= 0.6 is 0 Å². The number of aromatic nitrogens is 4. The summed E-state index contributed by atoms with van der Waals surface area (Å²) in [6, 6.07) is 5.16. The van der Waals surface area contributed by atoms with Crippen molar-refractivity contribution in [3.05, 3.63) is 60.1 Å². The minimum absolute atomic E-state index is 0.0295. The Morgan fingerprint density at radius 2 is 2.03 bits per heavy atom. The molecule has 0 spiro atoms. The zero-order valence-electron chi connectivity index (χ0n) is 17.4. The molecule has 2 aromatic heterocycles. The van der Waals surface area contributed by atoms with Crippen molar-refractivity contribution in [1.29, 1.82) is 0 Å². The summed E-state index contributed by atoms with van der Waals surface area (Å²) in [7, 11) is 0. The first-order chi connectivity index (χ1) is 15.0. The third kappa shape index (κ3) is 4.21. The van der Waals surface area contributed by atoms with E-state index in [9.17, 15) is 14.0 Å². The van der Waals surface area contributed by atoms with E-state index >= 15 is 0 Å². The van der Waals surface area contributed by atoms with E-state index in [2.05, 4.69) is 10.1 Å². The van der Waals surface area contributed by atoms with Gasteiger partial charge in [0, 0.05) is 31.9 Å². The number of rotatable bonds is 7. The highest BCUT2D eigenvalue weighted by Crippen LogP contribution is 2.26. The molecule has 1 aliphatic heterocycles. The summed E-state index contributed by atoms with van der Waals surface area (Å²) >= 11 is 0. The van der Waals surface area contributed by atoms with Crippen molar-refractivity contribution >= 4 is 17.5 Å². The van der Waals surface area contributed by atoms with Crippen LogP contribution in [0.25, 0.3) is 5.69 Å². The highest BCUT2D eigenvalue weighted by atomic mass is 19.1. The van der Waals surface area contributed by atoms with Gasteiger partial charge in [-0.15, -0.1) is 0 Å². The molecule has 4 rings (SSSR count). The Labute approximate surface area is 179 Å². The Morgan fingerprint density at radius 1 is 1.26 bits per heavy atom. The maximum atomic E-state index is 13.2. The lowest BCUT2D eigenvalue weighted by Crippen LogP contribution is -2.40. The summed E-state index contributed by atoms with van der Waals surface area (Å²) in [4.78, 5) is 31.8. The minimum atomic E-state index is -0.532. The summed E-state index contributed by atoms with van der Waals surface area (Å²) in [5.41, 5.74) is 7.03. The highest BCUT2D eigenvalue weighted by molar-refractivity contribution is 6.05. The third-order valence-electron chi connectivity index (χ3n) is 5.73. The van der Waals surface area contributed by atoms with Crippen molar-refractivity contribution in [2.45, 2.75) is 45.2 Å². The molecule has 1 aliphatic rings. The minimum Gasteiger partial charge on any atom is -0.383 e. The van der Waals surface area contributed by atoms with E-state index in [0.29, 0.717) is 38.0 Å². The summed E-state index contributed by atoms with van der Waals surface area (Å²) in [5, 5.41) is 4.20. The first-order valence-electron chi connectivity index (χ1n) is 10.4. The van der Waals surface area contributed by atoms with Gasteiger partial charge in [0.25, 0.3) is 0 Å². The number of nitrogens with two attached hydrogens (primary N) is 1. The van der Waals surface area contributed by atoms with E-state index in [1.165, 1.54) is 23.0 Å². The number of ketones is 1. The van der Waals surface area contributed by atoms with Gasteiger partial charge in [-0.2, -0.15) is 5.10 Å². The second-order valence-electron chi connectivity index (χ2n) is 7.71. The Hall–Kier alpha value is -3.49. The Kier molecular flexibility index (Phi) is 5.83. The topological polar surface area (TPSA) is 99.0 Å². The number of anilines is 1. The maximum absolute atomic E-state index is 13.2. The predicted molar refractivity (Wildman–Crippen MR) is 113 cm³/mol. The highest BCUT2D eigenvalue weighted by Gasteiger charge is 2.35. The van der Waals surface area contributed by atoms with Crippen LogP contribution in [0.3, 0.4) is 0 Å². The van der Waals surface area contributed by atoms with Gasteiger partial charge in [-0.1, -0.05) is 0 Å². The monoisotopic (exact) mass is 424 g/mol. The molecule has 0 aliphatic carbocycles. The average molecular weight is 424 g/mol. The molecule has 1 fully saturated rings. The lowest BCUT2D eigenvalue weighted by Gasteiger charge is -2.23. The van der Waals surface area contributed by atoms with E-state index in [0.717, 1.165) is 12.2 Å². The quantitative estimate of drug-likeness (QED) is 0.588. The van der Waals surface area contributed by atoms with Crippen LogP contribution in [-0.2, 0) is 11.3 Å². The SMILES string of the molecule is Cc1nccn1CCCC(=O)N1CCC[C@H]1C(=O)c1cnn(-c2ccc(F)cc2)c1N. The van der Waals surface area contributed by atoms with Gasteiger partial charge in [0.15, 0.2) is 5.78 Å². The number of imidazole rings is 1. The Morgan fingerprint density at radius 3 is 2.74 bits per heavy atom. The van der Waals surface area contributed by atoms with Crippen molar-refractivity contribution < 1.29 is 14.0 Å². The smallest absolute Gasteiger partial charge is 0.223 e. The number of Topliss-reactive ketones (excluding diaryl/α,β-unsaturated/α-hetero) is 1. The summed E-state index contributed by atoms with van der Waals surface area (Å²) in [6.45, 7) is 3.19. The fourth-order valence-electron chi connectivity index (χ4n) is 4.04. The van der Waals surface area contributed by atoms with Gasteiger partial charge < -0.3 is 15.2 Å². The van der Waals surface area contributed by atoms with E-state index < -0.39 is 6.04 Å². The molecule has 8 nitrogen and oxygen atoms in total. The van der Waals surface area contributed by atoms with Crippen molar-refractivity contribution in [2.75, 3.05) is 12.3 Å². The molecule has 2 N–H and O–H groups in total. The summed E-state index contributed by atoms with van der Waals surface area (Å²) < 4.78 is 16.6. The molecule has 0 saturated carbocycles. The number of carbonyl (C=O) groups is 2. The first kappa shape index (κ1) is 20.8. The van der Waals surface area contributed by atoms with Crippen molar-refractivity contribution in [1.82, 2.24) is 24.2 Å². The molecule has 1 atom stereocenters. The van der Waals surface area contributed by atoms with Gasteiger partial charge in [0.05, 0.1) is 23.5 Å². The van der Waals surface area contributed by atoms with Crippen LogP contribution in [0, 0.1) is 12.7 Å². The molecule has 162 valence electrons. The molecule has 0 radical (unpaired) electrons. The number of aryl methyl sites for hydroxylation is 2. The van der Waals surface area contributed by atoms with Crippen LogP contribution < -0.4 is 5.73 Å². The largest absolute Gasteiger partial charge is 0.383 e. The van der Waals surface area contributed by atoms with Crippen LogP contribution in [0.4, 0.5) is 10.2 Å². The molecule has 1 amide bonds. The Balaban J connectivity index is 1.43. The van der Waals surface area contributed by atoms with E-state index in [1.807, 2.05) is 17.7 Å². The van der Waals surface area contributed by atoms with Gasteiger partial charge in [0.2, 0.25) is 5.91 Å². The maximum Gasteiger partial charge on any atom is 0.223 e. The van der Waals surface area contributed by atoms with Crippen molar-refractivity contribution in [3.63, 3.8) is 0 Å². The second-order valence-corrected chi connectivity index (χ2v) is 7.71. The predicted octanol–water partition coefficient (Wildman–Crippen LogP) is 2.75. The van der Waals surface area contributed by atoms with Crippen LogP contribution in [0.2, 0.25) is 0 Å². The number of benzene rings is 1. The van der Waals surface area contributed by atoms with Crippen molar-refractivity contribution in [2.24, 2.45) is 0 Å². The number of hydrogen-bond donors (Lipinski definition) is 1. The number of carbonyl (C=O) groups excluding carboxylic acids is 2. The summed E-state index contributed by atoms with van der Waals surface area (Å²) in [6.07, 6.45) is 7.47. The molecule has 1 saturated heterocycles. The number of hydrogen-bond acceptors (Lipinski definition) is 5. The number of halogens is 1. The zero-order valence-corrected chi connectivity index (χ0v) is 17.4. The molecule has 3 heterocycles. The zero-order chi connectivity index (χ0) is 22.0. The molecular formula is C22H25FN6O2. The first-order valence-corrected chi connectivity index (χ1v) is 10.4. The normalized spacial score (nSPS) is 16.1. The number of likely N-dealkylation sites (tertiary alicyclic amines) is 1. The number of amides is 1. The van der Waals surface area contributed by atoms with Crippen LogP contribution in [0.15, 0.2) is 42.9 Å². The molecule has 1 aromatic carbocycles. The van der Waals surface area contributed by atoms with Gasteiger partial charge >= 0.3 is 0 Å². The molecule has 0 unspecified atom stereocenters.